The lowest BCUT2D eigenvalue weighted by atomic mass is 10.1. The number of hydrogen-bond acceptors (Lipinski definition) is 7. The van der Waals surface area contributed by atoms with Crippen LogP contribution in [0.5, 0.6) is 0 Å². The van der Waals surface area contributed by atoms with Gasteiger partial charge in [-0.3, -0.25) is 19.7 Å². The van der Waals surface area contributed by atoms with Gasteiger partial charge in [-0.15, -0.1) is 0 Å². The van der Waals surface area contributed by atoms with Crippen LogP contribution in [-0.2, 0) is 0 Å². The number of carbonyl (C=O) groups is 2. The van der Waals surface area contributed by atoms with Gasteiger partial charge in [-0.25, -0.2) is 0 Å². The number of aromatic nitrogens is 2. The molecule has 0 aliphatic rings. The average Bonchev–Trinajstić information content (AvgIpc) is 3.21. The van der Waals surface area contributed by atoms with E-state index in [1.807, 2.05) is 31.2 Å². The molecule has 0 unspecified atom stereocenters. The second kappa shape index (κ2) is 8.74. The number of amides is 2. The van der Waals surface area contributed by atoms with Crippen molar-refractivity contribution in [2.45, 2.75) is 6.92 Å². The molecule has 3 rings (SSSR count). The number of aryl methyl sites for hydroxylation is 1. The van der Waals surface area contributed by atoms with Crippen LogP contribution in [0.3, 0.4) is 0 Å². The van der Waals surface area contributed by atoms with Crippen molar-refractivity contribution in [3.8, 4) is 11.4 Å². The summed E-state index contributed by atoms with van der Waals surface area (Å²) in [5.74, 6) is -0.937. The molecule has 0 saturated carbocycles. The Morgan fingerprint density at radius 2 is 1.79 bits per heavy atom. The van der Waals surface area contributed by atoms with Crippen molar-refractivity contribution in [3.05, 3.63) is 75.7 Å². The predicted octanol–water partition coefficient (Wildman–Crippen LogP) is 2.11. The number of carbonyl (C=O) groups excluding carboxylic acids is 2. The summed E-state index contributed by atoms with van der Waals surface area (Å²) < 4.78 is 4.98. The fraction of sp³-hybridized carbons (Fsp3) is 0.158. The summed E-state index contributed by atoms with van der Waals surface area (Å²) in [7, 11) is 0. The lowest BCUT2D eigenvalue weighted by Crippen LogP contribution is -2.34. The molecule has 29 heavy (non-hydrogen) atoms. The SMILES string of the molecule is Cc1cccc(-c2noc(C(=O)NCCNC(=O)c3cccc([N+](=O)[O-])c3)n2)c1. The van der Waals surface area contributed by atoms with E-state index < -0.39 is 16.7 Å². The smallest absolute Gasteiger partial charge is 0.316 e. The molecule has 10 nitrogen and oxygen atoms in total. The molecule has 10 heteroatoms. The Kier molecular flexibility index (Phi) is 5.93. The van der Waals surface area contributed by atoms with E-state index in [1.54, 1.807) is 0 Å². The van der Waals surface area contributed by atoms with Crippen LogP contribution in [0, 0.1) is 17.0 Å². The molecule has 0 bridgehead atoms. The number of non-ortho nitro benzene ring substituents is 1. The van der Waals surface area contributed by atoms with Gasteiger partial charge in [0.25, 0.3) is 11.6 Å². The quantitative estimate of drug-likeness (QED) is 0.355. The minimum Gasteiger partial charge on any atom is -0.350 e. The van der Waals surface area contributed by atoms with Crippen molar-refractivity contribution in [1.29, 1.82) is 0 Å². The summed E-state index contributed by atoms with van der Waals surface area (Å²) in [5.41, 5.74) is 1.74. The maximum atomic E-state index is 12.1. The van der Waals surface area contributed by atoms with Crippen molar-refractivity contribution in [2.24, 2.45) is 0 Å². The molecule has 0 saturated heterocycles. The number of benzene rings is 2. The first-order valence-electron chi connectivity index (χ1n) is 8.65. The molecule has 0 spiro atoms. The van der Waals surface area contributed by atoms with E-state index in [2.05, 4.69) is 20.8 Å². The number of nitrogens with one attached hydrogen (secondary N) is 2. The highest BCUT2D eigenvalue weighted by Crippen LogP contribution is 2.17. The highest BCUT2D eigenvalue weighted by molar-refractivity contribution is 5.95. The number of nitro groups is 1. The highest BCUT2D eigenvalue weighted by atomic mass is 16.6. The zero-order chi connectivity index (χ0) is 20.8. The van der Waals surface area contributed by atoms with E-state index in [0.717, 1.165) is 11.1 Å². The molecule has 148 valence electrons. The van der Waals surface area contributed by atoms with Gasteiger partial charge in [-0.1, -0.05) is 35.0 Å². The third kappa shape index (κ3) is 5.01. The first-order valence-corrected chi connectivity index (χ1v) is 8.65. The third-order valence-corrected chi connectivity index (χ3v) is 3.91. The monoisotopic (exact) mass is 395 g/mol. The van der Waals surface area contributed by atoms with Gasteiger partial charge < -0.3 is 15.2 Å². The number of hydrogen-bond donors (Lipinski definition) is 2. The molecule has 3 aromatic rings. The topological polar surface area (TPSA) is 140 Å². The average molecular weight is 395 g/mol. The van der Waals surface area contributed by atoms with E-state index in [0.29, 0.717) is 5.82 Å². The normalized spacial score (nSPS) is 10.4. The van der Waals surface area contributed by atoms with Gasteiger partial charge in [-0.2, -0.15) is 4.98 Å². The maximum Gasteiger partial charge on any atom is 0.316 e. The molecular formula is C19H17N5O5. The summed E-state index contributed by atoms with van der Waals surface area (Å²) in [6.07, 6.45) is 0. The Labute approximate surface area is 165 Å². The van der Waals surface area contributed by atoms with Gasteiger partial charge in [0.2, 0.25) is 5.82 Å². The van der Waals surface area contributed by atoms with Crippen LogP contribution in [-0.4, -0.2) is 40.0 Å². The van der Waals surface area contributed by atoms with E-state index in [1.165, 1.54) is 24.3 Å². The molecule has 1 heterocycles. The van der Waals surface area contributed by atoms with Gasteiger partial charge in [0.15, 0.2) is 0 Å². The lowest BCUT2D eigenvalue weighted by Gasteiger charge is -2.05. The third-order valence-electron chi connectivity index (χ3n) is 3.91. The molecule has 0 aliphatic carbocycles. The van der Waals surface area contributed by atoms with Crippen LogP contribution in [0.2, 0.25) is 0 Å². The second-order valence-electron chi connectivity index (χ2n) is 6.11. The Bertz CT molecular complexity index is 1060. The Morgan fingerprint density at radius 3 is 2.52 bits per heavy atom. The van der Waals surface area contributed by atoms with E-state index in [4.69, 9.17) is 4.52 Å². The zero-order valence-corrected chi connectivity index (χ0v) is 15.4. The van der Waals surface area contributed by atoms with Crippen molar-refractivity contribution < 1.29 is 19.0 Å². The van der Waals surface area contributed by atoms with Crippen LogP contribution in [0.1, 0.15) is 26.6 Å². The van der Waals surface area contributed by atoms with Crippen molar-refractivity contribution in [1.82, 2.24) is 20.8 Å². The standard InChI is InChI=1S/C19H17N5O5/c1-12-4-2-5-13(10-12)16-22-19(29-23-16)18(26)21-9-8-20-17(25)14-6-3-7-15(11-14)24(27)28/h2-7,10-11H,8-9H2,1H3,(H,20,25)(H,21,26). The van der Waals surface area contributed by atoms with Crippen molar-refractivity contribution >= 4 is 17.5 Å². The molecule has 0 fully saturated rings. The predicted molar refractivity (Wildman–Crippen MR) is 102 cm³/mol. The van der Waals surface area contributed by atoms with Gasteiger partial charge in [0.1, 0.15) is 0 Å². The van der Waals surface area contributed by atoms with Crippen LogP contribution >= 0.6 is 0 Å². The van der Waals surface area contributed by atoms with Gasteiger partial charge in [-0.05, 0) is 19.1 Å². The number of nitrogens with zero attached hydrogens (tertiary/aromatic N) is 3. The molecule has 0 radical (unpaired) electrons. The van der Waals surface area contributed by atoms with Gasteiger partial charge >= 0.3 is 11.8 Å². The molecule has 0 aliphatic heterocycles. The molecule has 2 N–H and O–H groups in total. The summed E-state index contributed by atoms with van der Waals surface area (Å²) >= 11 is 0. The molecular weight excluding hydrogens is 378 g/mol. The fourth-order valence-corrected chi connectivity index (χ4v) is 2.51. The Hall–Kier alpha value is -4.08. The maximum absolute atomic E-state index is 12.1. The van der Waals surface area contributed by atoms with Crippen LogP contribution in [0.25, 0.3) is 11.4 Å². The Morgan fingerprint density at radius 1 is 1.07 bits per heavy atom. The largest absolute Gasteiger partial charge is 0.350 e. The fourth-order valence-electron chi connectivity index (χ4n) is 2.51. The number of rotatable bonds is 7. The van der Waals surface area contributed by atoms with Gasteiger partial charge in [0, 0.05) is 36.3 Å². The molecule has 1 aromatic heterocycles. The summed E-state index contributed by atoms with van der Waals surface area (Å²) in [6.45, 7) is 2.16. The van der Waals surface area contributed by atoms with Crippen LogP contribution in [0.4, 0.5) is 5.69 Å². The Balaban J connectivity index is 1.50. The van der Waals surface area contributed by atoms with Gasteiger partial charge in [0.05, 0.1) is 4.92 Å². The van der Waals surface area contributed by atoms with E-state index >= 15 is 0 Å². The van der Waals surface area contributed by atoms with E-state index in [-0.39, 0.29) is 30.2 Å². The number of nitro benzene ring substituents is 1. The van der Waals surface area contributed by atoms with E-state index in [9.17, 15) is 19.7 Å². The zero-order valence-electron chi connectivity index (χ0n) is 15.4. The van der Waals surface area contributed by atoms with Crippen LogP contribution in [0.15, 0.2) is 53.1 Å². The van der Waals surface area contributed by atoms with Crippen molar-refractivity contribution in [2.75, 3.05) is 13.1 Å². The summed E-state index contributed by atoms with van der Waals surface area (Å²) in [5, 5.41) is 19.7. The summed E-state index contributed by atoms with van der Waals surface area (Å²) in [6, 6.07) is 12.8. The molecule has 0 atom stereocenters. The highest BCUT2D eigenvalue weighted by Gasteiger charge is 2.16. The second-order valence-corrected chi connectivity index (χ2v) is 6.11. The lowest BCUT2D eigenvalue weighted by molar-refractivity contribution is -0.384. The van der Waals surface area contributed by atoms with Crippen molar-refractivity contribution in [3.63, 3.8) is 0 Å². The molecule has 2 aromatic carbocycles. The van der Waals surface area contributed by atoms with Crippen LogP contribution < -0.4 is 10.6 Å². The first-order chi connectivity index (χ1) is 13.9. The first kappa shape index (κ1) is 19.7. The summed E-state index contributed by atoms with van der Waals surface area (Å²) in [4.78, 5) is 38.4. The minimum atomic E-state index is -0.577. The minimum absolute atomic E-state index is 0.113. The molecule has 2 amide bonds.